The predicted octanol–water partition coefficient (Wildman–Crippen LogP) is 0.812. The van der Waals surface area contributed by atoms with E-state index in [0.29, 0.717) is 6.67 Å². The van der Waals surface area contributed by atoms with Gasteiger partial charge >= 0.3 is 0 Å². The third-order valence-corrected chi connectivity index (χ3v) is 0.942. The molecule has 0 aromatic carbocycles. The van der Waals surface area contributed by atoms with E-state index in [9.17, 15) is 0 Å². The molecule has 1 rings (SSSR count). The monoisotopic (exact) mass is 139 g/mol. The van der Waals surface area contributed by atoms with Gasteiger partial charge in [0.1, 0.15) is 13.0 Å². The van der Waals surface area contributed by atoms with Crippen molar-refractivity contribution in [1.29, 1.82) is 0 Å². The molecule has 0 spiro atoms. The molecule has 3 nitrogen and oxygen atoms in total. The molecule has 0 unspecified atom stereocenters. The molecule has 1 heterocycles. The molecule has 0 amide bonds. The maximum atomic E-state index is 5.36. The Morgan fingerprint density at radius 3 is 2.43 bits per heavy atom. The standard InChI is InChI=1S/C2H3Cl2N3/c3-6-1-5-7(4)2-6/h1H,2H2. The third-order valence-electron chi connectivity index (χ3n) is 0.554. The summed E-state index contributed by atoms with van der Waals surface area (Å²) in [7, 11) is 0. The van der Waals surface area contributed by atoms with Gasteiger partial charge in [-0.05, 0) is 0 Å². The fourth-order valence-electron chi connectivity index (χ4n) is 0.297. The second-order valence-corrected chi connectivity index (χ2v) is 1.93. The van der Waals surface area contributed by atoms with E-state index in [1.54, 1.807) is 0 Å². The highest BCUT2D eigenvalue weighted by Crippen LogP contribution is 2.05. The van der Waals surface area contributed by atoms with Crippen molar-refractivity contribution in [2.24, 2.45) is 5.10 Å². The maximum Gasteiger partial charge on any atom is 0.141 e. The quantitative estimate of drug-likeness (QED) is 0.463. The number of nitrogens with zero attached hydrogens (tertiary/aromatic N) is 3. The van der Waals surface area contributed by atoms with Crippen LogP contribution in [0.4, 0.5) is 0 Å². The fraction of sp³-hybridized carbons (Fsp3) is 0.500. The largest absolute Gasteiger partial charge is 0.251 e. The first-order chi connectivity index (χ1) is 3.29. The second kappa shape index (κ2) is 1.76. The van der Waals surface area contributed by atoms with Gasteiger partial charge < -0.3 is 0 Å². The van der Waals surface area contributed by atoms with Crippen molar-refractivity contribution < 1.29 is 0 Å². The van der Waals surface area contributed by atoms with Crippen LogP contribution in [0.1, 0.15) is 0 Å². The van der Waals surface area contributed by atoms with Crippen LogP contribution < -0.4 is 0 Å². The third kappa shape index (κ3) is 1.11. The fourth-order valence-corrected chi connectivity index (χ4v) is 0.646. The van der Waals surface area contributed by atoms with Crippen molar-refractivity contribution in [2.45, 2.75) is 0 Å². The van der Waals surface area contributed by atoms with Crippen molar-refractivity contribution in [3.05, 3.63) is 0 Å². The Labute approximate surface area is 51.3 Å². The Morgan fingerprint density at radius 2 is 2.29 bits per heavy atom. The molecule has 5 heteroatoms. The van der Waals surface area contributed by atoms with E-state index in [1.807, 2.05) is 0 Å². The van der Waals surface area contributed by atoms with Crippen molar-refractivity contribution in [3.63, 3.8) is 0 Å². The summed E-state index contributed by atoms with van der Waals surface area (Å²) >= 11 is 10.7. The van der Waals surface area contributed by atoms with E-state index < -0.39 is 0 Å². The summed E-state index contributed by atoms with van der Waals surface area (Å²) in [6.45, 7) is 0.448. The second-order valence-electron chi connectivity index (χ2n) is 1.11. The number of hydrogen-bond acceptors (Lipinski definition) is 3. The molecule has 0 saturated carbocycles. The van der Waals surface area contributed by atoms with E-state index in [-0.39, 0.29) is 0 Å². The SMILES string of the molecule is ClN1C=NN(Cl)C1. The molecular weight excluding hydrogens is 137 g/mol. The van der Waals surface area contributed by atoms with Crippen LogP contribution in [-0.2, 0) is 0 Å². The summed E-state index contributed by atoms with van der Waals surface area (Å²) in [6.07, 6.45) is 1.44. The number of rotatable bonds is 0. The van der Waals surface area contributed by atoms with E-state index in [4.69, 9.17) is 23.6 Å². The topological polar surface area (TPSA) is 18.8 Å². The first-order valence-corrected chi connectivity index (χ1v) is 2.36. The molecule has 0 aliphatic carbocycles. The molecule has 1 aliphatic heterocycles. The van der Waals surface area contributed by atoms with Gasteiger partial charge in [0, 0.05) is 23.6 Å². The number of halogens is 2. The Kier molecular flexibility index (Phi) is 1.25. The van der Waals surface area contributed by atoms with Crippen LogP contribution in [0, 0.1) is 0 Å². The highest BCUT2D eigenvalue weighted by molar-refractivity contribution is 6.20. The molecule has 0 aromatic heterocycles. The minimum Gasteiger partial charge on any atom is -0.251 e. The van der Waals surface area contributed by atoms with Gasteiger partial charge in [-0.15, -0.1) is 5.10 Å². The van der Waals surface area contributed by atoms with Crippen molar-refractivity contribution in [3.8, 4) is 0 Å². The summed E-state index contributed by atoms with van der Waals surface area (Å²) in [5.41, 5.74) is 0. The molecule has 0 atom stereocenters. The van der Waals surface area contributed by atoms with E-state index >= 15 is 0 Å². The van der Waals surface area contributed by atoms with Gasteiger partial charge in [-0.25, -0.2) is 0 Å². The zero-order valence-corrected chi connectivity index (χ0v) is 4.89. The molecule has 0 N–H and O–H groups in total. The van der Waals surface area contributed by atoms with Gasteiger partial charge in [-0.2, -0.15) is 4.53 Å². The molecule has 0 radical (unpaired) electrons. The highest BCUT2D eigenvalue weighted by Gasteiger charge is 2.06. The van der Waals surface area contributed by atoms with Crippen molar-refractivity contribution in [2.75, 3.05) is 6.67 Å². The lowest BCUT2D eigenvalue weighted by atomic mass is 11.1. The summed E-state index contributed by atoms with van der Waals surface area (Å²) in [5, 5.41) is 3.58. The predicted molar refractivity (Wildman–Crippen MR) is 28.7 cm³/mol. The average Bonchev–Trinajstić information content (AvgIpc) is 1.87. The Morgan fingerprint density at radius 1 is 1.57 bits per heavy atom. The number of hydrazone groups is 1. The van der Waals surface area contributed by atoms with Crippen LogP contribution in [0.3, 0.4) is 0 Å². The minimum absolute atomic E-state index is 0.448. The zero-order valence-electron chi connectivity index (χ0n) is 3.38. The van der Waals surface area contributed by atoms with E-state index in [2.05, 4.69) is 5.10 Å². The molecule has 0 fully saturated rings. The first kappa shape index (κ1) is 5.00. The molecule has 7 heavy (non-hydrogen) atoms. The first-order valence-electron chi connectivity index (χ1n) is 1.69. The normalized spacial score (nSPS) is 19.1. The lowest BCUT2D eigenvalue weighted by Gasteiger charge is -2.01. The van der Waals surface area contributed by atoms with Gasteiger partial charge in [0.25, 0.3) is 0 Å². The summed E-state index contributed by atoms with van der Waals surface area (Å²) in [4.78, 5) is 0. The van der Waals surface area contributed by atoms with Crippen LogP contribution in [-0.4, -0.2) is 22.0 Å². The molecule has 0 saturated heterocycles. The van der Waals surface area contributed by atoms with Gasteiger partial charge in [0.2, 0.25) is 0 Å². The highest BCUT2D eigenvalue weighted by atomic mass is 35.5. The van der Waals surface area contributed by atoms with Crippen LogP contribution in [0.25, 0.3) is 0 Å². The van der Waals surface area contributed by atoms with Crippen molar-refractivity contribution in [1.82, 2.24) is 8.95 Å². The Bertz CT molecular complexity index is 82.9. The van der Waals surface area contributed by atoms with Crippen LogP contribution >= 0.6 is 23.6 Å². The molecule has 1 aliphatic rings. The molecular formula is C2H3Cl2N3. The Hall–Kier alpha value is -0.150. The minimum atomic E-state index is 0.448. The Balaban J connectivity index is 2.42. The summed E-state index contributed by atoms with van der Waals surface area (Å²) in [6, 6.07) is 0. The lowest BCUT2D eigenvalue weighted by Crippen LogP contribution is -2.10. The molecule has 0 bridgehead atoms. The summed E-state index contributed by atoms with van der Waals surface area (Å²) in [5.74, 6) is 0. The molecule has 40 valence electrons. The van der Waals surface area contributed by atoms with Crippen LogP contribution in [0.15, 0.2) is 5.10 Å². The van der Waals surface area contributed by atoms with E-state index in [1.165, 1.54) is 15.3 Å². The lowest BCUT2D eigenvalue weighted by molar-refractivity contribution is 0.453. The van der Waals surface area contributed by atoms with Gasteiger partial charge in [0.05, 0.1) is 0 Å². The van der Waals surface area contributed by atoms with Gasteiger partial charge in [-0.3, -0.25) is 4.42 Å². The van der Waals surface area contributed by atoms with Gasteiger partial charge in [-0.1, -0.05) is 0 Å². The van der Waals surface area contributed by atoms with Crippen LogP contribution in [0.2, 0.25) is 0 Å². The zero-order chi connectivity index (χ0) is 5.28. The van der Waals surface area contributed by atoms with Crippen molar-refractivity contribution >= 4 is 29.9 Å². The molecule has 0 aromatic rings. The average molecular weight is 140 g/mol. The van der Waals surface area contributed by atoms with E-state index in [0.717, 1.165) is 0 Å². The maximum absolute atomic E-state index is 5.36. The summed E-state index contributed by atoms with van der Waals surface area (Å²) < 4.78 is 2.57. The smallest absolute Gasteiger partial charge is 0.141 e. The number of hydrogen-bond donors (Lipinski definition) is 0. The van der Waals surface area contributed by atoms with Crippen LogP contribution in [0.5, 0.6) is 0 Å². The van der Waals surface area contributed by atoms with Gasteiger partial charge in [0.15, 0.2) is 0 Å².